The van der Waals surface area contributed by atoms with Gasteiger partial charge < -0.3 is 4.55 Å². The molecule has 3 rings (SSSR count). The van der Waals surface area contributed by atoms with Crippen LogP contribution in [0.3, 0.4) is 0 Å². The Morgan fingerprint density at radius 3 is 2.70 bits per heavy atom. The van der Waals surface area contributed by atoms with Crippen LogP contribution in [0.15, 0.2) is 42.6 Å². The maximum Gasteiger partial charge on any atom is 0.141 e. The van der Waals surface area contributed by atoms with E-state index in [1.165, 1.54) is 17.8 Å². The average Bonchev–Trinajstić information content (AvgIpc) is 3.26. The van der Waals surface area contributed by atoms with Gasteiger partial charge >= 0.3 is 0 Å². The Bertz CT molecular complexity index is 691. The van der Waals surface area contributed by atoms with Crippen LogP contribution in [-0.2, 0) is 11.3 Å². The van der Waals surface area contributed by atoms with E-state index in [2.05, 4.69) is 21.8 Å². The van der Waals surface area contributed by atoms with E-state index in [0.717, 1.165) is 24.1 Å². The van der Waals surface area contributed by atoms with Gasteiger partial charge in [0.1, 0.15) is 5.82 Å². The van der Waals surface area contributed by atoms with Crippen molar-refractivity contribution in [1.82, 2.24) is 9.71 Å². The summed E-state index contributed by atoms with van der Waals surface area (Å²) in [5, 5.41) is 0. The molecule has 1 aliphatic carbocycles. The molecule has 1 saturated carbocycles. The molecule has 1 N–H and O–H groups in total. The van der Waals surface area contributed by atoms with Gasteiger partial charge in [0.15, 0.2) is 0 Å². The Hall–Kier alpha value is -1.63. The Morgan fingerprint density at radius 1 is 1.35 bits per heavy atom. The number of rotatable bonds is 6. The molecular weight excluding hydrogens is 315 g/mol. The van der Waals surface area contributed by atoms with Gasteiger partial charge in [-0.15, -0.1) is 0 Å². The molecule has 23 heavy (non-hydrogen) atoms. The lowest BCUT2D eigenvalue weighted by Gasteiger charge is -2.15. The lowest BCUT2D eigenvalue weighted by molar-refractivity contribution is 0.490. The second-order valence-electron chi connectivity index (χ2n) is 6.08. The largest absolute Gasteiger partial charge is 0.760 e. The first kappa shape index (κ1) is 16.2. The van der Waals surface area contributed by atoms with Crippen molar-refractivity contribution in [2.75, 3.05) is 0 Å². The molecule has 1 aromatic carbocycles. The molecule has 4 atom stereocenters. The summed E-state index contributed by atoms with van der Waals surface area (Å²) < 4.78 is 36.6. The summed E-state index contributed by atoms with van der Waals surface area (Å²) in [4.78, 5) is 4.08. The van der Waals surface area contributed by atoms with E-state index in [-0.39, 0.29) is 11.9 Å². The van der Waals surface area contributed by atoms with Gasteiger partial charge in [0.2, 0.25) is 0 Å². The highest BCUT2D eigenvalue weighted by Gasteiger charge is 2.38. The summed E-state index contributed by atoms with van der Waals surface area (Å²) in [7, 11) is 0. The number of nitrogens with one attached hydrogen (secondary N) is 1. The van der Waals surface area contributed by atoms with Crippen LogP contribution in [0.5, 0.6) is 0 Å². The van der Waals surface area contributed by atoms with E-state index in [4.69, 9.17) is 0 Å². The first-order valence-corrected chi connectivity index (χ1v) is 8.67. The Kier molecular flexibility index (Phi) is 4.84. The molecule has 4 unspecified atom stereocenters. The summed E-state index contributed by atoms with van der Waals surface area (Å²) in [5.74, 6) is 0.679. The van der Waals surface area contributed by atoms with Crippen molar-refractivity contribution in [3.8, 4) is 11.3 Å². The fourth-order valence-electron chi connectivity index (χ4n) is 3.03. The second-order valence-corrected chi connectivity index (χ2v) is 6.78. The predicted octanol–water partition coefficient (Wildman–Crippen LogP) is 3.15. The molecule has 122 valence electrons. The van der Waals surface area contributed by atoms with Crippen LogP contribution in [0.2, 0.25) is 0 Å². The Morgan fingerprint density at radius 2 is 2.09 bits per heavy atom. The molecule has 6 heteroatoms. The number of hydrogen-bond donors (Lipinski definition) is 1. The zero-order chi connectivity index (χ0) is 16.4. The fraction of sp³-hybridized carbons (Fsp3) is 0.353. The van der Waals surface area contributed by atoms with Crippen LogP contribution in [0.25, 0.3) is 11.3 Å². The smallest absolute Gasteiger partial charge is 0.141 e. The van der Waals surface area contributed by atoms with Crippen molar-refractivity contribution < 1.29 is 13.2 Å². The van der Waals surface area contributed by atoms with Crippen molar-refractivity contribution in [2.45, 2.75) is 31.7 Å². The number of halogens is 1. The number of hydrogen-bond acceptors (Lipinski definition) is 3. The van der Waals surface area contributed by atoms with Crippen molar-refractivity contribution >= 4 is 11.3 Å². The summed E-state index contributed by atoms with van der Waals surface area (Å²) >= 11 is -2.20. The molecule has 0 saturated heterocycles. The van der Waals surface area contributed by atoms with Crippen LogP contribution >= 0.6 is 0 Å². The third-order valence-electron chi connectivity index (χ3n) is 4.24. The molecule has 1 fully saturated rings. The first-order valence-electron chi connectivity index (χ1n) is 7.60. The number of nitrogens with zero attached hydrogens (tertiary/aromatic N) is 1. The maximum atomic E-state index is 12.9. The van der Waals surface area contributed by atoms with Crippen LogP contribution in [0.4, 0.5) is 4.39 Å². The van der Waals surface area contributed by atoms with Gasteiger partial charge in [-0.2, -0.15) is 0 Å². The van der Waals surface area contributed by atoms with E-state index in [0.29, 0.717) is 11.8 Å². The first-order chi connectivity index (χ1) is 11.0. The lowest BCUT2D eigenvalue weighted by atomic mass is 10.0. The van der Waals surface area contributed by atoms with E-state index in [1.54, 1.807) is 6.07 Å². The van der Waals surface area contributed by atoms with Crippen LogP contribution in [-0.4, -0.2) is 19.8 Å². The van der Waals surface area contributed by atoms with E-state index < -0.39 is 11.3 Å². The van der Waals surface area contributed by atoms with Crippen molar-refractivity contribution in [3.63, 3.8) is 0 Å². The van der Waals surface area contributed by atoms with Crippen LogP contribution in [0, 0.1) is 11.7 Å². The molecule has 1 aromatic heterocycles. The number of pyridine rings is 1. The minimum absolute atomic E-state index is 0.0361. The minimum atomic E-state index is -2.20. The molecule has 1 heterocycles. The van der Waals surface area contributed by atoms with Crippen molar-refractivity contribution in [3.05, 3.63) is 54.0 Å². The minimum Gasteiger partial charge on any atom is -0.760 e. The van der Waals surface area contributed by atoms with Crippen molar-refractivity contribution in [1.29, 1.82) is 0 Å². The van der Waals surface area contributed by atoms with E-state index >= 15 is 0 Å². The maximum absolute atomic E-state index is 12.9. The molecule has 1 aliphatic rings. The van der Waals surface area contributed by atoms with E-state index in [9.17, 15) is 13.2 Å². The summed E-state index contributed by atoms with van der Waals surface area (Å²) in [6.45, 7) is 1.88. The number of aromatic nitrogens is 1. The predicted molar refractivity (Wildman–Crippen MR) is 86.6 cm³/mol. The Labute approximate surface area is 137 Å². The monoisotopic (exact) mass is 333 g/mol. The quantitative estimate of drug-likeness (QED) is 0.826. The summed E-state index contributed by atoms with van der Waals surface area (Å²) in [6, 6.07) is 11.2. The zero-order valence-electron chi connectivity index (χ0n) is 12.7. The van der Waals surface area contributed by atoms with Crippen LogP contribution in [0.1, 0.15) is 31.2 Å². The van der Waals surface area contributed by atoms with Crippen molar-refractivity contribution in [2.24, 2.45) is 5.92 Å². The van der Waals surface area contributed by atoms with Gasteiger partial charge in [-0.05, 0) is 49.3 Å². The molecule has 0 spiro atoms. The zero-order valence-corrected chi connectivity index (χ0v) is 13.6. The van der Waals surface area contributed by atoms with Gasteiger partial charge in [-0.1, -0.05) is 24.3 Å². The Balaban J connectivity index is 1.60. The average molecular weight is 333 g/mol. The van der Waals surface area contributed by atoms with Crippen LogP contribution < -0.4 is 4.72 Å². The highest BCUT2D eigenvalue weighted by Crippen LogP contribution is 2.50. The van der Waals surface area contributed by atoms with Gasteiger partial charge in [-0.3, -0.25) is 9.19 Å². The molecule has 0 amide bonds. The lowest BCUT2D eigenvalue weighted by Crippen LogP contribution is -2.28. The third-order valence-corrected chi connectivity index (χ3v) is 4.83. The van der Waals surface area contributed by atoms with E-state index in [1.807, 2.05) is 19.1 Å². The van der Waals surface area contributed by atoms with Gasteiger partial charge in [0, 0.05) is 22.9 Å². The normalized spacial score (nSPS) is 22.6. The fourth-order valence-corrected chi connectivity index (χ4v) is 3.46. The summed E-state index contributed by atoms with van der Waals surface area (Å²) in [6.07, 6.45) is 3.15. The second kappa shape index (κ2) is 6.86. The highest BCUT2D eigenvalue weighted by molar-refractivity contribution is 7.77. The third kappa shape index (κ3) is 4.22. The number of benzene rings is 1. The standard InChI is InChI=1S/C17H19FN2O2S/c1-11(20-23(21)22)8-14-9-16(14)12-2-4-13(5-3-12)17-7-6-15(18)10-19-17/h2-7,10-11,14,16,20H,8-9H2,1H3,(H,21,22)/p-1. The molecule has 0 aliphatic heterocycles. The topological polar surface area (TPSA) is 65.0 Å². The molecule has 4 nitrogen and oxygen atoms in total. The van der Waals surface area contributed by atoms with Gasteiger partial charge in [0.05, 0.1) is 11.9 Å². The molecule has 0 radical (unpaired) electrons. The SMILES string of the molecule is CC(CC1CC1c1ccc(-c2ccc(F)cn2)cc1)NS(=O)[O-]. The molecular formula is C17H18FN2O2S-. The molecule has 0 bridgehead atoms. The highest BCUT2D eigenvalue weighted by atomic mass is 32.2. The summed E-state index contributed by atoms with van der Waals surface area (Å²) in [5.41, 5.74) is 2.97. The van der Waals surface area contributed by atoms with Gasteiger partial charge in [-0.25, -0.2) is 9.11 Å². The van der Waals surface area contributed by atoms with Gasteiger partial charge in [0.25, 0.3) is 0 Å². The molecule has 2 aromatic rings.